The number of amides is 1. The van der Waals surface area contributed by atoms with Crippen LogP contribution < -0.4 is 0 Å². The van der Waals surface area contributed by atoms with Crippen LogP contribution in [0, 0.1) is 11.3 Å². The second kappa shape index (κ2) is 3.88. The Kier molecular flexibility index (Phi) is 3.08. The molecule has 3 nitrogen and oxygen atoms in total. The topological polar surface area (TPSA) is 44.1 Å². The number of likely N-dealkylation sites (tertiary alicyclic amines) is 1. The first kappa shape index (κ1) is 12.7. The molecule has 1 fully saturated rings. The molecule has 1 atom stereocenters. The van der Waals surface area contributed by atoms with Crippen molar-refractivity contribution in [2.24, 2.45) is 0 Å². The zero-order valence-corrected chi connectivity index (χ0v) is 7.89. The predicted octanol–water partition coefficient (Wildman–Crippen LogP) is 1.70. The highest BCUT2D eigenvalue weighted by Gasteiger charge is 2.65. The molecule has 0 saturated carbocycles. The maximum Gasteiger partial charge on any atom is 0.463 e. The van der Waals surface area contributed by atoms with E-state index in [4.69, 9.17) is 5.26 Å². The van der Waals surface area contributed by atoms with Gasteiger partial charge in [0.2, 0.25) is 0 Å². The summed E-state index contributed by atoms with van der Waals surface area (Å²) in [4.78, 5) is 11.3. The summed E-state index contributed by atoms with van der Waals surface area (Å²) in [6, 6.07) is 0.329. The van der Waals surface area contributed by atoms with E-state index in [9.17, 15) is 26.7 Å². The standard InChI is InChI=1S/C8H7F5N2O/c9-7(10,8(11,12)13)6(16)15-3-1-2-5(15)4-14/h5H,1-3H2. The van der Waals surface area contributed by atoms with Gasteiger partial charge in [-0.15, -0.1) is 0 Å². The van der Waals surface area contributed by atoms with Gasteiger partial charge in [-0.1, -0.05) is 0 Å². The lowest BCUT2D eigenvalue weighted by Gasteiger charge is -2.26. The molecule has 1 aliphatic heterocycles. The lowest BCUT2D eigenvalue weighted by molar-refractivity contribution is -0.274. The third-order valence-electron chi connectivity index (χ3n) is 2.29. The van der Waals surface area contributed by atoms with Crippen molar-refractivity contribution in [3.8, 4) is 6.07 Å². The third-order valence-corrected chi connectivity index (χ3v) is 2.29. The molecular weight excluding hydrogens is 235 g/mol. The summed E-state index contributed by atoms with van der Waals surface area (Å²) in [6.45, 7) is -0.247. The molecule has 1 heterocycles. The Hall–Kier alpha value is -1.39. The van der Waals surface area contributed by atoms with E-state index in [1.165, 1.54) is 6.07 Å². The highest BCUT2D eigenvalue weighted by atomic mass is 19.4. The molecule has 1 saturated heterocycles. The Bertz CT molecular complexity index is 332. The molecule has 0 bridgehead atoms. The Morgan fingerprint density at radius 1 is 1.31 bits per heavy atom. The van der Waals surface area contributed by atoms with Gasteiger partial charge in [-0.05, 0) is 12.8 Å². The van der Waals surface area contributed by atoms with Gasteiger partial charge in [0.15, 0.2) is 0 Å². The van der Waals surface area contributed by atoms with E-state index in [1.54, 1.807) is 0 Å². The van der Waals surface area contributed by atoms with E-state index in [0.29, 0.717) is 0 Å². The summed E-state index contributed by atoms with van der Waals surface area (Å²) in [6.07, 6.45) is -5.55. The molecule has 90 valence electrons. The third kappa shape index (κ3) is 1.94. The van der Waals surface area contributed by atoms with Gasteiger partial charge in [0.05, 0.1) is 6.07 Å². The first-order valence-corrected chi connectivity index (χ1v) is 4.37. The van der Waals surface area contributed by atoms with Crippen molar-refractivity contribution in [2.75, 3.05) is 6.54 Å². The Balaban J connectivity index is 2.91. The average molecular weight is 242 g/mol. The van der Waals surface area contributed by atoms with Gasteiger partial charge in [-0.2, -0.15) is 27.2 Å². The molecule has 0 aromatic heterocycles. The van der Waals surface area contributed by atoms with Crippen LogP contribution in [0.5, 0.6) is 0 Å². The molecule has 1 amide bonds. The lowest BCUT2D eigenvalue weighted by atomic mass is 10.2. The normalized spacial score (nSPS) is 22.0. The minimum atomic E-state index is -5.92. The summed E-state index contributed by atoms with van der Waals surface area (Å²) < 4.78 is 61.0. The van der Waals surface area contributed by atoms with Crippen LogP contribution in [0.15, 0.2) is 0 Å². The molecule has 0 aliphatic carbocycles. The zero-order valence-electron chi connectivity index (χ0n) is 7.89. The van der Waals surface area contributed by atoms with E-state index >= 15 is 0 Å². The molecule has 0 spiro atoms. The summed E-state index contributed by atoms with van der Waals surface area (Å²) in [5.74, 6) is -7.77. The van der Waals surface area contributed by atoms with E-state index < -0.39 is 24.0 Å². The Morgan fingerprint density at radius 2 is 1.88 bits per heavy atom. The van der Waals surface area contributed by atoms with E-state index in [0.717, 1.165) is 0 Å². The van der Waals surface area contributed by atoms with Crippen molar-refractivity contribution in [1.82, 2.24) is 4.90 Å². The Morgan fingerprint density at radius 3 is 2.31 bits per heavy atom. The number of hydrogen-bond donors (Lipinski definition) is 0. The van der Waals surface area contributed by atoms with Crippen LogP contribution in [-0.4, -0.2) is 35.5 Å². The van der Waals surface area contributed by atoms with Crippen molar-refractivity contribution in [3.63, 3.8) is 0 Å². The van der Waals surface area contributed by atoms with Crippen LogP contribution >= 0.6 is 0 Å². The van der Waals surface area contributed by atoms with Gasteiger partial charge in [-0.25, -0.2) is 0 Å². The van der Waals surface area contributed by atoms with Crippen LogP contribution in [0.1, 0.15) is 12.8 Å². The second-order valence-electron chi connectivity index (χ2n) is 3.36. The maximum absolute atomic E-state index is 12.7. The molecule has 0 radical (unpaired) electrons. The summed E-state index contributed by atoms with van der Waals surface area (Å²) >= 11 is 0. The monoisotopic (exact) mass is 242 g/mol. The second-order valence-corrected chi connectivity index (χ2v) is 3.36. The highest BCUT2D eigenvalue weighted by Crippen LogP contribution is 2.38. The van der Waals surface area contributed by atoms with Crippen LogP contribution in [0.2, 0.25) is 0 Å². The molecule has 16 heavy (non-hydrogen) atoms. The molecule has 0 N–H and O–H groups in total. The van der Waals surface area contributed by atoms with Crippen molar-refractivity contribution < 1.29 is 26.7 Å². The zero-order chi connectivity index (χ0) is 12.6. The number of carbonyl (C=O) groups is 1. The summed E-state index contributed by atoms with van der Waals surface area (Å²) in [7, 11) is 0. The van der Waals surface area contributed by atoms with E-state index in [2.05, 4.69) is 0 Å². The lowest BCUT2D eigenvalue weighted by Crippen LogP contribution is -2.53. The largest absolute Gasteiger partial charge is 0.463 e. The summed E-state index contributed by atoms with van der Waals surface area (Å²) in [5.41, 5.74) is 0. The fourth-order valence-corrected chi connectivity index (χ4v) is 1.45. The molecule has 1 unspecified atom stereocenters. The average Bonchev–Trinajstić information content (AvgIpc) is 2.62. The van der Waals surface area contributed by atoms with Crippen LogP contribution in [-0.2, 0) is 4.79 Å². The van der Waals surface area contributed by atoms with E-state index in [1.807, 2.05) is 0 Å². The van der Waals surface area contributed by atoms with Crippen molar-refractivity contribution >= 4 is 5.91 Å². The van der Waals surface area contributed by atoms with Crippen LogP contribution in [0.25, 0.3) is 0 Å². The fourth-order valence-electron chi connectivity index (χ4n) is 1.45. The maximum atomic E-state index is 12.7. The summed E-state index contributed by atoms with van der Waals surface area (Å²) in [5, 5.41) is 8.48. The SMILES string of the molecule is N#CC1CCCN1C(=O)C(F)(F)C(F)(F)F. The van der Waals surface area contributed by atoms with Gasteiger partial charge in [-0.3, -0.25) is 4.79 Å². The minimum Gasteiger partial charge on any atom is -0.321 e. The molecule has 0 aromatic carbocycles. The molecule has 8 heteroatoms. The van der Waals surface area contributed by atoms with Gasteiger partial charge in [0.1, 0.15) is 6.04 Å². The number of carbonyl (C=O) groups excluding carboxylic acids is 1. The van der Waals surface area contributed by atoms with Gasteiger partial charge in [0.25, 0.3) is 0 Å². The van der Waals surface area contributed by atoms with Gasteiger partial charge >= 0.3 is 18.0 Å². The fraction of sp³-hybridized carbons (Fsp3) is 0.750. The molecular formula is C8H7F5N2O. The van der Waals surface area contributed by atoms with E-state index in [-0.39, 0.29) is 24.3 Å². The first-order valence-electron chi connectivity index (χ1n) is 4.37. The van der Waals surface area contributed by atoms with Gasteiger partial charge in [0, 0.05) is 6.54 Å². The minimum absolute atomic E-state index is 0.121. The smallest absolute Gasteiger partial charge is 0.321 e. The van der Waals surface area contributed by atoms with Crippen molar-refractivity contribution in [3.05, 3.63) is 0 Å². The number of hydrogen-bond acceptors (Lipinski definition) is 2. The Labute approximate surface area is 87.4 Å². The number of rotatable bonds is 1. The first-order chi connectivity index (χ1) is 7.21. The van der Waals surface area contributed by atoms with Crippen molar-refractivity contribution in [2.45, 2.75) is 31.0 Å². The highest BCUT2D eigenvalue weighted by molar-refractivity contribution is 5.85. The number of halogens is 5. The number of nitriles is 1. The van der Waals surface area contributed by atoms with Gasteiger partial charge < -0.3 is 4.90 Å². The van der Waals surface area contributed by atoms with Crippen molar-refractivity contribution in [1.29, 1.82) is 5.26 Å². The predicted molar refractivity (Wildman–Crippen MR) is 41.4 cm³/mol. The molecule has 0 aromatic rings. The quantitative estimate of drug-likeness (QED) is 0.657. The number of alkyl halides is 5. The van der Waals surface area contributed by atoms with Crippen LogP contribution in [0.3, 0.4) is 0 Å². The molecule has 1 aliphatic rings. The number of nitrogens with zero attached hydrogens (tertiary/aromatic N) is 2. The van der Waals surface area contributed by atoms with Crippen LogP contribution in [0.4, 0.5) is 22.0 Å². The molecule has 1 rings (SSSR count).